The summed E-state index contributed by atoms with van der Waals surface area (Å²) in [7, 11) is 1.79. The molecule has 0 radical (unpaired) electrons. The van der Waals surface area contributed by atoms with Crippen LogP contribution in [0.1, 0.15) is 37.8 Å². The molecule has 4 heterocycles. The fourth-order valence-corrected chi connectivity index (χ4v) is 6.96. The third-order valence-corrected chi connectivity index (χ3v) is 11.3. The van der Waals surface area contributed by atoms with Crippen molar-refractivity contribution >= 4 is 69.2 Å². The predicted octanol–water partition coefficient (Wildman–Crippen LogP) is 2.53. The van der Waals surface area contributed by atoms with E-state index in [2.05, 4.69) is 10.3 Å². The Bertz CT molecular complexity index is 2860. The first-order valence-electron chi connectivity index (χ1n) is 16.6. The van der Waals surface area contributed by atoms with Crippen molar-refractivity contribution in [2.45, 2.75) is 37.9 Å². The number of oxime groups is 2. The highest BCUT2D eigenvalue weighted by atomic mass is 35.5. The molecule has 25 heteroatoms. The second-order valence-electron chi connectivity index (χ2n) is 13.8. The lowest BCUT2D eigenvalue weighted by Gasteiger charge is -2.20. The summed E-state index contributed by atoms with van der Waals surface area (Å²) < 4.78 is 62.1. The summed E-state index contributed by atoms with van der Waals surface area (Å²) in [4.78, 5) is 60.9. The van der Waals surface area contributed by atoms with E-state index in [4.69, 9.17) is 61.5 Å². The maximum absolute atomic E-state index is 14.7. The largest absolute Gasteiger partial charge is 0.392 e. The van der Waals surface area contributed by atoms with E-state index in [0.29, 0.717) is 20.4 Å². The first-order chi connectivity index (χ1) is 26.8. The highest BCUT2D eigenvalue weighted by Gasteiger charge is 2.38. The summed E-state index contributed by atoms with van der Waals surface area (Å²) in [5, 5.41) is 17.2. The third-order valence-electron chi connectivity index (χ3n) is 8.99. The van der Waals surface area contributed by atoms with E-state index in [1.165, 1.54) is 40.3 Å². The quantitative estimate of drug-likeness (QED) is 0.200. The van der Waals surface area contributed by atoms with Gasteiger partial charge in [0.25, 0.3) is 10.1 Å². The van der Waals surface area contributed by atoms with Gasteiger partial charge >= 0.3 is 22.8 Å². The molecule has 0 aliphatic carbocycles. The lowest BCUT2D eigenvalue weighted by Crippen LogP contribution is -2.43. The molecule has 0 bridgehead atoms. The Hall–Kier alpha value is -4.65. The van der Waals surface area contributed by atoms with Crippen LogP contribution in [0.15, 0.2) is 53.8 Å². The van der Waals surface area contributed by atoms with Crippen molar-refractivity contribution in [3.8, 4) is 11.4 Å². The molecule has 18 nitrogen and oxygen atoms in total. The fraction of sp³-hybridized carbons (Fsp3) is 0.394. The van der Waals surface area contributed by atoms with Crippen LogP contribution in [0.3, 0.4) is 0 Å². The first kappa shape index (κ1) is 44.5. The molecule has 2 unspecified atom stereocenters. The molecule has 58 heavy (non-hydrogen) atoms. The molecule has 0 fully saturated rings. The summed E-state index contributed by atoms with van der Waals surface area (Å²) >= 11 is 22.4. The second kappa shape index (κ2) is 16.2. The Morgan fingerprint density at radius 2 is 1.09 bits per heavy atom. The minimum Gasteiger partial charge on any atom is -0.392 e. The highest BCUT2D eigenvalue weighted by Crippen LogP contribution is 2.33. The van der Waals surface area contributed by atoms with Crippen molar-refractivity contribution in [1.82, 2.24) is 27.4 Å². The van der Waals surface area contributed by atoms with Crippen molar-refractivity contribution in [2.75, 3.05) is 19.5 Å². The molecule has 2 aromatic heterocycles. The number of aliphatic hydroxyl groups is 1. The number of aliphatic hydroxyl groups excluding tert-OH is 1. The van der Waals surface area contributed by atoms with Gasteiger partial charge in [0.15, 0.2) is 20.7 Å². The Morgan fingerprint density at radius 1 is 0.741 bits per heavy atom. The van der Waals surface area contributed by atoms with E-state index in [-0.39, 0.29) is 68.3 Å². The molecule has 2 aromatic carbocycles. The molecular formula is C33H34Cl2F2N8O10S3. The SMILES string of the molecule is Cn1c(=S)n(C)c(=O)n(-c2cc(C3=NOC(C)(CO)C3)c(Cl)cc2F)c1=O.Cn1c(=S)n(C)c(=O)n(-c2cc(C3=NOC(C)(COS(C)(=O)=O)C3)c(Cl)cc2F)c1=O. The number of rotatable bonds is 8. The average molecular weight is 908 g/mol. The van der Waals surface area contributed by atoms with Crippen molar-refractivity contribution in [3.05, 3.63) is 109 Å². The monoisotopic (exact) mass is 906 g/mol. The van der Waals surface area contributed by atoms with Gasteiger partial charge in [-0.2, -0.15) is 8.42 Å². The van der Waals surface area contributed by atoms with Crippen LogP contribution in [0, 0.1) is 21.2 Å². The second-order valence-corrected chi connectivity index (χ2v) is 17.0. The number of aromatic nitrogens is 6. The number of hydrogen-bond acceptors (Lipinski definition) is 14. The van der Waals surface area contributed by atoms with Crippen LogP contribution in [0.5, 0.6) is 0 Å². The van der Waals surface area contributed by atoms with E-state index in [1.807, 2.05) is 0 Å². The zero-order valence-corrected chi connectivity index (χ0v) is 35.5. The van der Waals surface area contributed by atoms with Crippen LogP contribution in [-0.4, -0.2) is 83.0 Å². The average Bonchev–Trinajstić information content (AvgIpc) is 3.75. The molecule has 4 aromatic rings. The minimum absolute atomic E-state index is 0.00289. The Balaban J connectivity index is 0.000000223. The molecule has 0 spiro atoms. The Kier molecular flexibility index (Phi) is 12.4. The molecule has 6 rings (SSSR count). The van der Waals surface area contributed by atoms with E-state index in [0.717, 1.165) is 36.7 Å². The molecule has 2 aliphatic heterocycles. The van der Waals surface area contributed by atoms with Gasteiger partial charge in [0.1, 0.15) is 18.2 Å². The van der Waals surface area contributed by atoms with Gasteiger partial charge in [-0.3, -0.25) is 22.5 Å². The van der Waals surface area contributed by atoms with Crippen LogP contribution in [0.4, 0.5) is 8.78 Å². The number of hydrogen-bond donors (Lipinski definition) is 1. The summed E-state index contributed by atoms with van der Waals surface area (Å²) in [6.45, 7) is 2.66. The Morgan fingerprint density at radius 3 is 1.41 bits per heavy atom. The Labute approximate surface area is 347 Å². The molecule has 2 atom stereocenters. The smallest absolute Gasteiger partial charge is 0.338 e. The van der Waals surface area contributed by atoms with Crippen LogP contribution >= 0.6 is 47.6 Å². The molecule has 0 amide bonds. The standard InChI is InChI=1S/C17H18ClFN4O6S2.C16H16ClFN4O4S/c1-17(8-28-31(4,26)27)7-12(20-29-17)9-5-13(11(19)6-10(9)18)23-14(24)21(2)16(30)22(3)15(23)25;1-16(7-23)6-11(19-26-16)8-4-12(10(18)5-9(8)17)22-13(24)20(2)15(27)21(3)14(22)25/h5-6H,7-8H2,1-4H3;4-5,23H,6-7H2,1-3H3. The van der Waals surface area contributed by atoms with Gasteiger partial charge in [0.05, 0.1) is 45.7 Å². The summed E-state index contributed by atoms with van der Waals surface area (Å²) in [6, 6.07) is 4.41. The zero-order chi connectivity index (χ0) is 43.4. The van der Waals surface area contributed by atoms with Gasteiger partial charge in [-0.05, 0) is 62.5 Å². The van der Waals surface area contributed by atoms with E-state index >= 15 is 0 Å². The topological polar surface area (TPSA) is 205 Å². The molecule has 1 N–H and O–H groups in total. The fourth-order valence-electron chi connectivity index (χ4n) is 5.66. The lowest BCUT2D eigenvalue weighted by molar-refractivity contribution is -0.0428. The third kappa shape index (κ3) is 8.56. The number of benzene rings is 2. The molecular weight excluding hydrogens is 874 g/mol. The zero-order valence-electron chi connectivity index (χ0n) is 31.6. The van der Waals surface area contributed by atoms with Gasteiger partial charge in [0.2, 0.25) is 0 Å². The lowest BCUT2D eigenvalue weighted by atomic mass is 9.96. The number of nitrogens with zero attached hydrogens (tertiary/aromatic N) is 8. The van der Waals surface area contributed by atoms with E-state index < -0.39 is 55.7 Å². The summed E-state index contributed by atoms with van der Waals surface area (Å²) in [5.74, 6) is -1.77. The minimum atomic E-state index is -3.70. The van der Waals surface area contributed by atoms with Crippen molar-refractivity contribution in [2.24, 2.45) is 38.5 Å². The van der Waals surface area contributed by atoms with Gasteiger partial charge in [-0.25, -0.2) is 37.1 Å². The van der Waals surface area contributed by atoms with E-state index in [1.54, 1.807) is 13.8 Å². The van der Waals surface area contributed by atoms with Crippen LogP contribution in [0.25, 0.3) is 11.4 Å². The van der Waals surface area contributed by atoms with Crippen molar-refractivity contribution in [1.29, 1.82) is 0 Å². The van der Waals surface area contributed by atoms with Gasteiger partial charge in [-0.15, -0.1) is 0 Å². The maximum atomic E-state index is 14.7. The maximum Gasteiger partial charge on any atom is 0.338 e. The van der Waals surface area contributed by atoms with Gasteiger partial charge in [-0.1, -0.05) is 33.5 Å². The van der Waals surface area contributed by atoms with Gasteiger partial charge in [0, 0.05) is 52.2 Å². The summed E-state index contributed by atoms with van der Waals surface area (Å²) in [5.41, 5.74) is -4.79. The van der Waals surface area contributed by atoms with Crippen LogP contribution in [-0.2, 0) is 52.2 Å². The molecule has 2 aliphatic rings. The van der Waals surface area contributed by atoms with Crippen LogP contribution < -0.4 is 22.8 Å². The highest BCUT2D eigenvalue weighted by molar-refractivity contribution is 7.86. The normalized spacial score (nSPS) is 18.9. The number of halogens is 4. The molecule has 0 saturated carbocycles. The van der Waals surface area contributed by atoms with Crippen molar-refractivity contribution in [3.63, 3.8) is 0 Å². The van der Waals surface area contributed by atoms with Gasteiger partial charge < -0.3 is 14.8 Å². The first-order valence-corrected chi connectivity index (χ1v) is 20.0. The van der Waals surface area contributed by atoms with Crippen LogP contribution in [0.2, 0.25) is 10.0 Å². The molecule has 0 saturated heterocycles. The van der Waals surface area contributed by atoms with E-state index in [9.17, 15) is 41.5 Å². The van der Waals surface area contributed by atoms with Crippen molar-refractivity contribution < 1.29 is 36.2 Å². The molecule has 312 valence electrons. The predicted molar refractivity (Wildman–Crippen MR) is 213 cm³/mol. The summed E-state index contributed by atoms with van der Waals surface area (Å²) in [6.07, 6.45) is 1.21.